The predicted molar refractivity (Wildman–Crippen MR) is 143 cm³/mol. The van der Waals surface area contributed by atoms with Gasteiger partial charge in [-0.05, 0) is 6.42 Å². The highest BCUT2D eigenvalue weighted by molar-refractivity contribution is 7.80. The summed E-state index contributed by atoms with van der Waals surface area (Å²) in [6.45, 7) is 0.158. The molecule has 1 saturated heterocycles. The first-order chi connectivity index (χ1) is 17.7. The van der Waals surface area contributed by atoms with Crippen molar-refractivity contribution in [3.63, 3.8) is 0 Å². The summed E-state index contributed by atoms with van der Waals surface area (Å²) in [5.41, 5.74) is 0.997. The number of carbonyl (C=O) groups is 5. The largest absolute Gasteiger partial charge is 0.379 e. The zero-order chi connectivity index (χ0) is 26.8. The van der Waals surface area contributed by atoms with Crippen LogP contribution < -0.4 is 10.6 Å². The van der Waals surface area contributed by atoms with E-state index in [2.05, 4.69) is 10.6 Å². The van der Waals surface area contributed by atoms with Crippen LogP contribution in [-0.2, 0) is 19.2 Å². The maximum Gasteiger partial charge on any atom is 0.355 e. The summed E-state index contributed by atoms with van der Waals surface area (Å²) in [5.74, 6) is -2.53. The van der Waals surface area contributed by atoms with Crippen LogP contribution in [0.3, 0.4) is 0 Å². The van der Waals surface area contributed by atoms with Crippen LogP contribution in [0.4, 0.5) is 0 Å². The molecule has 9 nitrogen and oxygen atoms in total. The van der Waals surface area contributed by atoms with E-state index in [0.717, 1.165) is 0 Å². The fraction of sp³-hybridized carbons (Fsp3) is 0.269. The minimum Gasteiger partial charge on any atom is -0.379 e. The van der Waals surface area contributed by atoms with Gasteiger partial charge in [-0.3, -0.25) is 19.2 Å². The van der Waals surface area contributed by atoms with Crippen molar-refractivity contribution in [2.24, 2.45) is 0 Å². The van der Waals surface area contributed by atoms with Crippen LogP contribution in [-0.4, -0.2) is 57.0 Å². The van der Waals surface area contributed by atoms with E-state index >= 15 is 0 Å². The van der Waals surface area contributed by atoms with Crippen molar-refractivity contribution in [2.45, 2.75) is 38.1 Å². The van der Waals surface area contributed by atoms with Gasteiger partial charge < -0.3 is 15.5 Å². The van der Waals surface area contributed by atoms with Gasteiger partial charge in [0, 0.05) is 30.5 Å². The number of nitrogens with one attached hydrogen (secondary N) is 2. The Hall–Kier alpha value is -3.83. The third-order valence-corrected chi connectivity index (χ3v) is 5.95. The second-order valence-electron chi connectivity index (χ2n) is 8.18. The number of amides is 2. The van der Waals surface area contributed by atoms with Gasteiger partial charge in [0.15, 0.2) is 11.6 Å². The Labute approximate surface area is 224 Å². The number of nitrogens with zero attached hydrogens (tertiary/aromatic N) is 1. The lowest BCUT2D eigenvalue weighted by Crippen LogP contribution is -2.46. The fourth-order valence-corrected chi connectivity index (χ4v) is 3.97. The summed E-state index contributed by atoms with van der Waals surface area (Å²) in [6, 6.07) is 16.2. The topological polar surface area (TPSA) is 122 Å². The highest BCUT2D eigenvalue weighted by Gasteiger charge is 2.35. The fourth-order valence-electron chi connectivity index (χ4n) is 3.47. The van der Waals surface area contributed by atoms with Crippen LogP contribution in [0, 0.1) is 0 Å². The van der Waals surface area contributed by atoms with Gasteiger partial charge in [-0.25, -0.2) is 4.79 Å². The molecular weight excluding hydrogens is 514 g/mol. The van der Waals surface area contributed by atoms with E-state index < -0.39 is 23.8 Å². The number of imide groups is 1. The van der Waals surface area contributed by atoms with Crippen molar-refractivity contribution in [1.29, 1.82) is 0 Å². The zero-order valence-corrected chi connectivity index (χ0v) is 21.4. The molecule has 11 heteroatoms. The number of carbonyl (C=O) groups excluding carboxylic acids is 5. The van der Waals surface area contributed by atoms with Gasteiger partial charge in [0.25, 0.3) is 11.8 Å². The molecule has 0 aromatic heterocycles. The third kappa shape index (κ3) is 8.36. The van der Waals surface area contributed by atoms with Crippen molar-refractivity contribution in [3.05, 3.63) is 71.8 Å². The molecule has 2 aromatic rings. The van der Waals surface area contributed by atoms with Crippen molar-refractivity contribution < 1.29 is 28.8 Å². The first kappa shape index (κ1) is 27.8. The van der Waals surface area contributed by atoms with Gasteiger partial charge in [-0.15, -0.1) is 5.06 Å². The molecule has 0 radical (unpaired) electrons. The molecule has 0 spiro atoms. The Bertz CT molecular complexity index is 1190. The normalized spacial score (nSPS) is 13.6. The van der Waals surface area contributed by atoms with Crippen LogP contribution in [0.15, 0.2) is 60.7 Å². The van der Waals surface area contributed by atoms with Crippen LogP contribution in [0.25, 0.3) is 0 Å². The molecule has 0 bridgehead atoms. The number of ketones is 2. The molecule has 192 valence electrons. The van der Waals surface area contributed by atoms with E-state index in [1.807, 2.05) is 0 Å². The first-order valence-electron chi connectivity index (χ1n) is 11.5. The van der Waals surface area contributed by atoms with E-state index in [9.17, 15) is 24.0 Å². The molecule has 0 saturated carbocycles. The van der Waals surface area contributed by atoms with Gasteiger partial charge in [0.05, 0.1) is 22.8 Å². The summed E-state index contributed by atoms with van der Waals surface area (Å²) in [6.07, 6.45) is -0.169. The molecule has 1 fully saturated rings. The Morgan fingerprint density at radius 1 is 0.811 bits per heavy atom. The first-order valence-corrected chi connectivity index (χ1v) is 12.4. The zero-order valence-electron chi connectivity index (χ0n) is 19.8. The SMILES string of the molecule is O=C(CC(=S)NCCC(NC(=S)CC(=O)c1ccccc1)C(=O)ON1C(=O)CCC1=O)c1ccccc1. The third-order valence-electron chi connectivity index (χ3n) is 5.40. The molecule has 1 heterocycles. The number of hydrogen-bond acceptors (Lipinski definition) is 8. The Kier molecular flexibility index (Phi) is 10.1. The van der Waals surface area contributed by atoms with E-state index in [4.69, 9.17) is 29.3 Å². The molecular formula is C26H25N3O6S2. The lowest BCUT2D eigenvalue weighted by atomic mass is 10.1. The quantitative estimate of drug-likeness (QED) is 0.237. The maximum atomic E-state index is 12.8. The van der Waals surface area contributed by atoms with Gasteiger partial charge in [0.1, 0.15) is 6.04 Å². The molecule has 1 unspecified atom stereocenters. The monoisotopic (exact) mass is 539 g/mol. The molecule has 2 N–H and O–H groups in total. The smallest absolute Gasteiger partial charge is 0.355 e. The molecule has 37 heavy (non-hydrogen) atoms. The lowest BCUT2D eigenvalue weighted by Gasteiger charge is -2.21. The second-order valence-corrected chi connectivity index (χ2v) is 9.17. The average Bonchev–Trinajstić information content (AvgIpc) is 3.21. The van der Waals surface area contributed by atoms with Crippen LogP contribution in [0.5, 0.6) is 0 Å². The molecule has 2 amide bonds. The van der Waals surface area contributed by atoms with Crippen molar-refractivity contribution in [1.82, 2.24) is 15.7 Å². The Balaban J connectivity index is 1.58. The standard InChI is InChI=1S/C26H25N3O6S2/c30-20(17-7-3-1-4-8-17)15-22(36)27-14-13-19(26(34)35-29-24(32)11-12-25(29)33)28-23(37)16-21(31)18-9-5-2-6-10-18/h1-10,19H,11-16H2,(H,27,36)(H,28,37). The summed E-state index contributed by atoms with van der Waals surface area (Å²) in [7, 11) is 0. The molecule has 3 rings (SSSR count). The maximum absolute atomic E-state index is 12.8. The summed E-state index contributed by atoms with van der Waals surface area (Å²) in [5, 5.41) is 6.17. The number of thiocarbonyl (C=S) groups is 2. The molecule has 1 aliphatic rings. The van der Waals surface area contributed by atoms with E-state index in [1.54, 1.807) is 60.7 Å². The van der Waals surface area contributed by atoms with Crippen molar-refractivity contribution >= 4 is 63.8 Å². The van der Waals surface area contributed by atoms with Crippen LogP contribution >= 0.6 is 24.4 Å². The number of rotatable bonds is 12. The van der Waals surface area contributed by atoms with Crippen molar-refractivity contribution in [3.8, 4) is 0 Å². The van der Waals surface area contributed by atoms with E-state index in [-0.39, 0.29) is 60.2 Å². The summed E-state index contributed by atoms with van der Waals surface area (Å²) in [4.78, 5) is 66.8. The minimum absolute atomic E-state index is 0.0113. The molecule has 1 aliphatic heterocycles. The van der Waals surface area contributed by atoms with Crippen molar-refractivity contribution in [2.75, 3.05) is 6.54 Å². The Morgan fingerprint density at radius 2 is 1.30 bits per heavy atom. The van der Waals surface area contributed by atoms with Crippen LogP contribution in [0.1, 0.15) is 52.8 Å². The lowest BCUT2D eigenvalue weighted by molar-refractivity contribution is -0.198. The van der Waals surface area contributed by atoms with Gasteiger partial charge >= 0.3 is 5.97 Å². The van der Waals surface area contributed by atoms with Gasteiger partial charge in [-0.1, -0.05) is 85.1 Å². The number of hydrogen-bond donors (Lipinski definition) is 2. The number of hydroxylamine groups is 2. The average molecular weight is 540 g/mol. The Morgan fingerprint density at radius 3 is 1.81 bits per heavy atom. The second kappa shape index (κ2) is 13.5. The highest BCUT2D eigenvalue weighted by Crippen LogP contribution is 2.14. The predicted octanol–water partition coefficient (Wildman–Crippen LogP) is 2.73. The van der Waals surface area contributed by atoms with Gasteiger partial charge in [-0.2, -0.15) is 0 Å². The summed E-state index contributed by atoms with van der Waals surface area (Å²) < 4.78 is 0. The molecule has 1 atom stereocenters. The van der Waals surface area contributed by atoms with E-state index in [1.165, 1.54) is 0 Å². The number of Topliss-reactive ketones (excluding diaryl/α,β-unsaturated/α-hetero) is 2. The number of benzene rings is 2. The van der Waals surface area contributed by atoms with Gasteiger partial charge in [0.2, 0.25) is 0 Å². The summed E-state index contributed by atoms with van der Waals surface area (Å²) >= 11 is 10.5. The molecule has 0 aliphatic carbocycles. The highest BCUT2D eigenvalue weighted by atomic mass is 32.1. The van der Waals surface area contributed by atoms with E-state index in [0.29, 0.717) is 16.2 Å². The minimum atomic E-state index is -1.09. The molecule has 2 aromatic carbocycles. The van der Waals surface area contributed by atoms with Crippen LogP contribution in [0.2, 0.25) is 0 Å².